The number of hydrogen-bond acceptors (Lipinski definition) is 2. The molecule has 1 unspecified atom stereocenters. The first-order valence-electron chi connectivity index (χ1n) is 9.01. The van der Waals surface area contributed by atoms with E-state index in [1.165, 1.54) is 18.4 Å². The first-order valence-corrected chi connectivity index (χ1v) is 9.01. The summed E-state index contributed by atoms with van der Waals surface area (Å²) in [6, 6.07) is 18.3. The molecule has 4 heteroatoms. The highest BCUT2D eigenvalue weighted by atomic mass is 16.3. The van der Waals surface area contributed by atoms with E-state index in [4.69, 9.17) is 5.11 Å². The summed E-state index contributed by atoms with van der Waals surface area (Å²) in [6.07, 6.45) is 4.08. The molecule has 0 aliphatic heterocycles. The van der Waals surface area contributed by atoms with Crippen molar-refractivity contribution in [2.24, 2.45) is 5.92 Å². The third-order valence-electron chi connectivity index (χ3n) is 4.71. The fourth-order valence-corrected chi connectivity index (χ4v) is 3.05. The molecule has 1 fully saturated rings. The number of amides is 2. The molecule has 4 nitrogen and oxygen atoms in total. The Balaban J connectivity index is 1.43. The largest absolute Gasteiger partial charge is 0.392 e. The highest BCUT2D eigenvalue weighted by Gasteiger charge is 2.32. The van der Waals surface area contributed by atoms with E-state index in [2.05, 4.69) is 22.8 Å². The zero-order chi connectivity index (χ0) is 17.5. The van der Waals surface area contributed by atoms with Gasteiger partial charge in [-0.1, -0.05) is 54.6 Å². The number of aliphatic hydroxyl groups excluding tert-OH is 1. The van der Waals surface area contributed by atoms with Crippen molar-refractivity contribution < 1.29 is 9.90 Å². The lowest BCUT2D eigenvalue weighted by atomic mass is 10.0. The highest BCUT2D eigenvalue weighted by Crippen LogP contribution is 2.34. The molecule has 3 rings (SSSR count). The van der Waals surface area contributed by atoms with Crippen molar-refractivity contribution in [3.05, 3.63) is 71.3 Å². The van der Waals surface area contributed by atoms with Crippen LogP contribution in [0.4, 0.5) is 4.79 Å². The normalized spacial score (nSPS) is 14.8. The van der Waals surface area contributed by atoms with E-state index in [1.807, 2.05) is 42.5 Å². The Bertz CT molecular complexity index is 666. The van der Waals surface area contributed by atoms with E-state index < -0.39 is 0 Å². The Morgan fingerprint density at radius 2 is 1.68 bits per heavy atom. The summed E-state index contributed by atoms with van der Waals surface area (Å²) < 4.78 is 0. The minimum atomic E-state index is -0.0835. The molecule has 1 aliphatic carbocycles. The molecule has 0 bridgehead atoms. The van der Waals surface area contributed by atoms with E-state index in [0.29, 0.717) is 12.5 Å². The minimum Gasteiger partial charge on any atom is -0.392 e. The number of benzene rings is 2. The van der Waals surface area contributed by atoms with Crippen LogP contribution in [-0.2, 0) is 19.4 Å². The summed E-state index contributed by atoms with van der Waals surface area (Å²) in [6.45, 7) is 0.665. The minimum absolute atomic E-state index is 0.0604. The standard InChI is InChI=1S/C21H26N2O2/c24-15-18-8-6-16(7-9-18)12-13-22-21(25)23-20(19-10-11-19)14-17-4-2-1-3-5-17/h1-9,19-20,24H,10-15H2,(H2,22,23,25). The lowest BCUT2D eigenvalue weighted by molar-refractivity contribution is 0.235. The van der Waals surface area contributed by atoms with Crippen LogP contribution in [0.3, 0.4) is 0 Å². The number of hydrogen-bond donors (Lipinski definition) is 3. The lowest BCUT2D eigenvalue weighted by Crippen LogP contribution is -2.44. The quantitative estimate of drug-likeness (QED) is 0.693. The van der Waals surface area contributed by atoms with Crippen LogP contribution in [0.2, 0.25) is 0 Å². The maximum Gasteiger partial charge on any atom is 0.315 e. The zero-order valence-corrected chi connectivity index (χ0v) is 14.4. The van der Waals surface area contributed by atoms with Crippen molar-refractivity contribution in [1.29, 1.82) is 0 Å². The van der Waals surface area contributed by atoms with Crippen molar-refractivity contribution >= 4 is 6.03 Å². The molecule has 0 aromatic heterocycles. The molecule has 0 saturated heterocycles. The molecular weight excluding hydrogens is 312 g/mol. The fraction of sp³-hybridized carbons (Fsp3) is 0.381. The number of rotatable bonds is 8. The Kier molecular flexibility index (Phi) is 6.07. The molecule has 25 heavy (non-hydrogen) atoms. The van der Waals surface area contributed by atoms with E-state index in [1.54, 1.807) is 0 Å². The number of nitrogens with one attached hydrogen (secondary N) is 2. The molecule has 1 saturated carbocycles. The van der Waals surface area contributed by atoms with Crippen molar-refractivity contribution in [2.75, 3.05) is 6.54 Å². The second-order valence-electron chi connectivity index (χ2n) is 6.76. The van der Waals surface area contributed by atoms with Gasteiger partial charge in [-0.3, -0.25) is 0 Å². The van der Waals surface area contributed by atoms with E-state index in [9.17, 15) is 4.79 Å². The Hall–Kier alpha value is -2.33. The number of aliphatic hydroxyl groups is 1. The van der Waals surface area contributed by atoms with Crippen molar-refractivity contribution in [2.45, 2.75) is 38.3 Å². The maximum absolute atomic E-state index is 12.2. The van der Waals surface area contributed by atoms with E-state index in [0.717, 1.165) is 24.0 Å². The maximum atomic E-state index is 12.2. The first-order chi connectivity index (χ1) is 12.2. The second kappa shape index (κ2) is 8.67. The van der Waals surface area contributed by atoms with Crippen LogP contribution in [0.1, 0.15) is 29.5 Å². The smallest absolute Gasteiger partial charge is 0.315 e. The van der Waals surface area contributed by atoms with E-state index >= 15 is 0 Å². The molecular formula is C21H26N2O2. The van der Waals surface area contributed by atoms with Gasteiger partial charge < -0.3 is 15.7 Å². The molecule has 3 N–H and O–H groups in total. The first kappa shape index (κ1) is 17.5. The van der Waals surface area contributed by atoms with Gasteiger partial charge in [0.2, 0.25) is 0 Å². The van der Waals surface area contributed by atoms with Crippen LogP contribution in [0.15, 0.2) is 54.6 Å². The highest BCUT2D eigenvalue weighted by molar-refractivity contribution is 5.74. The topological polar surface area (TPSA) is 61.4 Å². The average Bonchev–Trinajstić information content (AvgIpc) is 3.48. The number of urea groups is 1. The van der Waals surface area contributed by atoms with Gasteiger partial charge in [0, 0.05) is 12.6 Å². The van der Waals surface area contributed by atoms with E-state index in [-0.39, 0.29) is 18.7 Å². The van der Waals surface area contributed by atoms with Crippen molar-refractivity contribution in [1.82, 2.24) is 10.6 Å². The summed E-state index contributed by atoms with van der Waals surface area (Å²) >= 11 is 0. The number of carbonyl (C=O) groups is 1. The molecule has 0 heterocycles. The molecule has 2 amide bonds. The van der Waals surface area contributed by atoms with Crippen LogP contribution < -0.4 is 10.6 Å². The molecule has 2 aromatic carbocycles. The third-order valence-corrected chi connectivity index (χ3v) is 4.71. The van der Waals surface area contributed by atoms with Gasteiger partial charge in [0.05, 0.1) is 6.61 Å². The van der Waals surface area contributed by atoms with Gasteiger partial charge in [-0.05, 0) is 48.3 Å². The van der Waals surface area contributed by atoms with Crippen LogP contribution in [-0.4, -0.2) is 23.7 Å². The van der Waals surface area contributed by atoms with Crippen molar-refractivity contribution in [3.8, 4) is 0 Å². The monoisotopic (exact) mass is 338 g/mol. The van der Waals surface area contributed by atoms with Crippen LogP contribution in [0.25, 0.3) is 0 Å². The van der Waals surface area contributed by atoms with Gasteiger partial charge in [-0.25, -0.2) is 4.79 Å². The van der Waals surface area contributed by atoms with Crippen LogP contribution in [0, 0.1) is 5.92 Å². The summed E-state index contributed by atoms with van der Waals surface area (Å²) in [7, 11) is 0. The van der Waals surface area contributed by atoms with Crippen LogP contribution >= 0.6 is 0 Å². The summed E-state index contributed by atoms with van der Waals surface area (Å²) in [5, 5.41) is 15.2. The fourth-order valence-electron chi connectivity index (χ4n) is 3.05. The Morgan fingerprint density at radius 3 is 2.32 bits per heavy atom. The summed E-state index contributed by atoms with van der Waals surface area (Å²) in [4.78, 5) is 12.2. The third kappa shape index (κ3) is 5.61. The van der Waals surface area contributed by atoms with Gasteiger partial charge in [0.1, 0.15) is 0 Å². The molecule has 1 atom stereocenters. The average molecular weight is 338 g/mol. The SMILES string of the molecule is O=C(NCCc1ccc(CO)cc1)NC(Cc1ccccc1)C1CC1. The molecule has 0 spiro atoms. The van der Waals surface area contributed by atoms with Gasteiger partial charge in [0.25, 0.3) is 0 Å². The predicted molar refractivity (Wildman–Crippen MR) is 99.3 cm³/mol. The van der Waals surface area contributed by atoms with Gasteiger partial charge in [0.15, 0.2) is 0 Å². The second-order valence-corrected chi connectivity index (χ2v) is 6.76. The van der Waals surface area contributed by atoms with Crippen LogP contribution in [0.5, 0.6) is 0 Å². The van der Waals surface area contributed by atoms with Gasteiger partial charge >= 0.3 is 6.03 Å². The Morgan fingerprint density at radius 1 is 1.00 bits per heavy atom. The van der Waals surface area contributed by atoms with Crippen molar-refractivity contribution in [3.63, 3.8) is 0 Å². The zero-order valence-electron chi connectivity index (χ0n) is 14.4. The molecule has 2 aromatic rings. The van der Waals surface area contributed by atoms with Gasteiger partial charge in [-0.2, -0.15) is 0 Å². The van der Waals surface area contributed by atoms with Gasteiger partial charge in [-0.15, -0.1) is 0 Å². The summed E-state index contributed by atoms with van der Waals surface area (Å²) in [5.41, 5.74) is 3.33. The molecule has 0 radical (unpaired) electrons. The number of carbonyl (C=O) groups excluding carboxylic acids is 1. The lowest BCUT2D eigenvalue weighted by Gasteiger charge is -2.19. The molecule has 1 aliphatic rings. The molecule has 132 valence electrons. The Labute approximate surface area is 149 Å². The predicted octanol–water partition coefficient (Wildman–Crippen LogP) is 3.04. The summed E-state index contributed by atoms with van der Waals surface area (Å²) in [5.74, 6) is 0.608.